The first-order chi connectivity index (χ1) is 7.91. The molecule has 0 spiro atoms. The van der Waals surface area contributed by atoms with Crippen LogP contribution in [0.25, 0.3) is 5.57 Å². The highest BCUT2D eigenvalue weighted by atomic mass is 19.4. The van der Waals surface area contributed by atoms with Gasteiger partial charge in [-0.25, -0.2) is 4.39 Å². The predicted molar refractivity (Wildman–Crippen MR) is 52.7 cm³/mol. The van der Waals surface area contributed by atoms with Crippen molar-refractivity contribution in [2.45, 2.75) is 6.18 Å². The third kappa shape index (κ3) is 2.15. The largest absolute Gasteiger partial charge is 0.417 e. The van der Waals surface area contributed by atoms with Gasteiger partial charge in [-0.2, -0.15) is 13.2 Å². The van der Waals surface area contributed by atoms with E-state index in [0.717, 1.165) is 12.1 Å². The van der Waals surface area contributed by atoms with Crippen LogP contribution in [0.5, 0.6) is 0 Å². The summed E-state index contributed by atoms with van der Waals surface area (Å²) >= 11 is 0. The Labute approximate surface area is 94.4 Å². The number of hydrogen-bond donors (Lipinski definition) is 0. The fraction of sp³-hybridized carbons (Fsp3) is 0.182. The summed E-state index contributed by atoms with van der Waals surface area (Å²) < 4.78 is 52.1. The van der Waals surface area contributed by atoms with Crippen molar-refractivity contribution in [3.63, 3.8) is 0 Å². The summed E-state index contributed by atoms with van der Waals surface area (Å²) in [7, 11) is 1.39. The molecule has 0 aromatic heterocycles. The maximum absolute atomic E-state index is 12.8. The SMILES string of the molecule is CO[N+]1=CC(c2ccc(F)cc2C(F)(F)F)=C1. The molecule has 1 heterocycles. The molecule has 1 aliphatic rings. The van der Waals surface area contributed by atoms with E-state index in [2.05, 4.69) is 0 Å². The van der Waals surface area contributed by atoms with Crippen molar-refractivity contribution in [1.82, 2.24) is 0 Å². The average molecular weight is 246 g/mol. The predicted octanol–water partition coefficient (Wildman–Crippen LogP) is 2.84. The van der Waals surface area contributed by atoms with Crippen molar-refractivity contribution in [1.29, 1.82) is 0 Å². The van der Waals surface area contributed by atoms with E-state index < -0.39 is 17.6 Å². The molecule has 0 fully saturated rings. The van der Waals surface area contributed by atoms with Crippen LogP contribution in [-0.2, 0) is 11.0 Å². The molecular formula is C11H8F4NO+. The molecule has 0 saturated heterocycles. The molecule has 0 aliphatic carbocycles. The Hall–Kier alpha value is -1.85. The molecule has 90 valence electrons. The molecule has 0 unspecified atom stereocenters. The summed E-state index contributed by atoms with van der Waals surface area (Å²) in [4.78, 5) is 4.73. The van der Waals surface area contributed by atoms with Gasteiger partial charge in [-0.1, -0.05) is 6.07 Å². The Morgan fingerprint density at radius 2 is 1.88 bits per heavy atom. The smallest absolute Gasteiger partial charge is 0.275 e. The van der Waals surface area contributed by atoms with Crippen molar-refractivity contribution in [2.75, 3.05) is 7.11 Å². The Morgan fingerprint density at radius 1 is 1.24 bits per heavy atom. The lowest BCUT2D eigenvalue weighted by atomic mass is 9.99. The van der Waals surface area contributed by atoms with E-state index in [4.69, 9.17) is 4.84 Å². The van der Waals surface area contributed by atoms with Crippen molar-refractivity contribution in [3.8, 4) is 0 Å². The van der Waals surface area contributed by atoms with Crippen LogP contribution in [0.2, 0.25) is 0 Å². The first-order valence-electron chi connectivity index (χ1n) is 4.68. The highest BCUT2D eigenvalue weighted by molar-refractivity contribution is 6.10. The van der Waals surface area contributed by atoms with Gasteiger partial charge in [0.05, 0.1) is 5.56 Å². The zero-order valence-electron chi connectivity index (χ0n) is 8.75. The molecule has 2 rings (SSSR count). The number of benzene rings is 1. The minimum Gasteiger partial charge on any atom is -0.275 e. The van der Waals surface area contributed by atoms with Crippen molar-refractivity contribution in [2.24, 2.45) is 0 Å². The topological polar surface area (TPSA) is 12.2 Å². The molecule has 1 aromatic carbocycles. The zero-order valence-corrected chi connectivity index (χ0v) is 8.75. The molecule has 0 N–H and O–H groups in total. The number of allylic oxidation sites excluding steroid dienone is 1. The summed E-state index contributed by atoms with van der Waals surface area (Å²) in [6.45, 7) is 0. The number of halogens is 4. The van der Waals surface area contributed by atoms with Gasteiger partial charge in [0, 0.05) is 10.3 Å². The van der Waals surface area contributed by atoms with Crippen LogP contribution in [0.4, 0.5) is 17.6 Å². The summed E-state index contributed by atoms with van der Waals surface area (Å²) in [6, 6.07) is 2.59. The maximum atomic E-state index is 12.8. The van der Waals surface area contributed by atoms with Gasteiger partial charge in [-0.3, -0.25) is 4.84 Å². The van der Waals surface area contributed by atoms with E-state index >= 15 is 0 Å². The fourth-order valence-corrected chi connectivity index (χ4v) is 1.51. The lowest BCUT2D eigenvalue weighted by Crippen LogP contribution is -2.18. The van der Waals surface area contributed by atoms with Crippen LogP contribution in [0.3, 0.4) is 0 Å². The number of hydroxylamine groups is 1. The first-order valence-corrected chi connectivity index (χ1v) is 4.68. The van der Waals surface area contributed by atoms with Crippen LogP contribution in [0.15, 0.2) is 24.4 Å². The van der Waals surface area contributed by atoms with Crippen LogP contribution in [-0.4, -0.2) is 18.1 Å². The van der Waals surface area contributed by atoms with Gasteiger partial charge in [0.25, 0.3) is 0 Å². The first kappa shape index (κ1) is 11.6. The van der Waals surface area contributed by atoms with Gasteiger partial charge in [-0.15, -0.1) is 0 Å². The second kappa shape index (κ2) is 3.87. The molecule has 0 atom stereocenters. The Bertz CT molecular complexity index is 517. The standard InChI is InChI=1S/C11H8F4NO/c1-17-16-5-7(6-16)9-3-2-8(12)4-10(9)11(13,14)15/h2-6H,1H3/q+1. The van der Waals surface area contributed by atoms with E-state index in [1.807, 2.05) is 0 Å². The van der Waals surface area contributed by atoms with Crippen LogP contribution in [0.1, 0.15) is 11.1 Å². The van der Waals surface area contributed by atoms with Crippen LogP contribution in [0, 0.1) is 5.82 Å². The summed E-state index contributed by atoms with van der Waals surface area (Å²) in [6.07, 6.45) is -1.80. The van der Waals surface area contributed by atoms with Gasteiger partial charge in [0.1, 0.15) is 18.5 Å². The normalized spacial score (nSPS) is 14.9. The molecule has 6 heteroatoms. The fourth-order valence-electron chi connectivity index (χ4n) is 1.51. The third-order valence-corrected chi connectivity index (χ3v) is 2.34. The van der Waals surface area contributed by atoms with Gasteiger partial charge < -0.3 is 0 Å². The van der Waals surface area contributed by atoms with E-state index in [1.54, 1.807) is 0 Å². The van der Waals surface area contributed by atoms with E-state index in [1.165, 1.54) is 24.3 Å². The number of alkyl halides is 3. The lowest BCUT2D eigenvalue weighted by molar-refractivity contribution is -0.733. The monoisotopic (exact) mass is 246 g/mol. The summed E-state index contributed by atoms with van der Waals surface area (Å²) in [5, 5.41) is 0. The van der Waals surface area contributed by atoms with Gasteiger partial charge in [-0.05, 0) is 12.1 Å². The molecule has 1 aromatic rings. The molecule has 0 radical (unpaired) electrons. The Morgan fingerprint density at radius 3 is 2.41 bits per heavy atom. The van der Waals surface area contributed by atoms with Crippen molar-refractivity contribution < 1.29 is 27.1 Å². The minimum absolute atomic E-state index is 0.0628. The van der Waals surface area contributed by atoms with E-state index in [9.17, 15) is 17.6 Å². The van der Waals surface area contributed by atoms with Crippen molar-refractivity contribution in [3.05, 3.63) is 41.3 Å². The highest BCUT2D eigenvalue weighted by Gasteiger charge is 2.36. The molecular weight excluding hydrogens is 238 g/mol. The Kier molecular flexibility index (Phi) is 2.65. The second-order valence-electron chi connectivity index (χ2n) is 3.44. The zero-order chi connectivity index (χ0) is 12.6. The van der Waals surface area contributed by atoms with Crippen LogP contribution < -0.4 is 0 Å². The summed E-state index contributed by atoms with van der Waals surface area (Å²) in [5.74, 6) is -0.912. The Balaban J connectivity index is 2.42. The van der Waals surface area contributed by atoms with E-state index in [-0.39, 0.29) is 5.56 Å². The van der Waals surface area contributed by atoms with Crippen molar-refractivity contribution >= 4 is 11.8 Å². The maximum Gasteiger partial charge on any atom is 0.417 e. The number of rotatable bonds is 2. The third-order valence-electron chi connectivity index (χ3n) is 2.34. The second-order valence-corrected chi connectivity index (χ2v) is 3.44. The lowest BCUT2D eigenvalue weighted by Gasteiger charge is -2.13. The van der Waals surface area contributed by atoms with E-state index in [0.29, 0.717) is 11.6 Å². The molecule has 0 amide bonds. The number of hydrogen-bond acceptors (Lipinski definition) is 1. The van der Waals surface area contributed by atoms with Gasteiger partial charge >= 0.3 is 6.18 Å². The van der Waals surface area contributed by atoms with Crippen LogP contribution >= 0.6 is 0 Å². The van der Waals surface area contributed by atoms with Gasteiger partial charge in [0.15, 0.2) is 0 Å². The quantitative estimate of drug-likeness (QED) is 0.577. The molecule has 0 bridgehead atoms. The minimum atomic E-state index is -4.58. The molecule has 17 heavy (non-hydrogen) atoms. The average Bonchev–Trinajstić information content (AvgIpc) is 2.17. The molecule has 0 saturated carbocycles. The highest BCUT2D eigenvalue weighted by Crippen LogP contribution is 2.36. The number of nitrogens with zero attached hydrogens (tertiary/aromatic N) is 1. The molecule has 2 nitrogen and oxygen atoms in total. The molecule has 1 aliphatic heterocycles. The van der Waals surface area contributed by atoms with Gasteiger partial charge in [0.2, 0.25) is 12.4 Å². The summed E-state index contributed by atoms with van der Waals surface area (Å²) in [5.41, 5.74) is -0.706.